The fraction of sp³-hybridized carbons (Fsp3) is 0.474. The second-order valence-corrected chi connectivity index (χ2v) is 8.28. The number of rotatable bonds is 4. The summed E-state index contributed by atoms with van der Waals surface area (Å²) in [7, 11) is 1.70. The summed E-state index contributed by atoms with van der Waals surface area (Å²) in [5.74, 6) is -0.352. The first-order valence-electron chi connectivity index (χ1n) is 8.95. The maximum atomic E-state index is 14.6. The predicted octanol–water partition coefficient (Wildman–Crippen LogP) is 3.87. The van der Waals surface area contributed by atoms with Gasteiger partial charge in [0, 0.05) is 36.9 Å². The van der Waals surface area contributed by atoms with Crippen molar-refractivity contribution in [2.45, 2.75) is 39.5 Å². The Morgan fingerprint density at radius 1 is 1.41 bits per heavy atom. The molecule has 1 aromatic carbocycles. The van der Waals surface area contributed by atoms with Gasteiger partial charge in [-0.15, -0.1) is 11.3 Å². The molecule has 0 radical (unpaired) electrons. The fourth-order valence-electron chi connectivity index (χ4n) is 3.22. The van der Waals surface area contributed by atoms with Crippen LogP contribution in [0, 0.1) is 12.7 Å². The van der Waals surface area contributed by atoms with Gasteiger partial charge in [-0.3, -0.25) is 0 Å². The highest BCUT2D eigenvalue weighted by Gasteiger charge is 2.24. The number of morpholine rings is 1. The third kappa shape index (κ3) is 4.95. The molecule has 2 atom stereocenters. The topological polar surface area (TPSA) is 57.7 Å². The van der Waals surface area contributed by atoms with Crippen molar-refractivity contribution in [2.24, 2.45) is 0 Å². The summed E-state index contributed by atoms with van der Waals surface area (Å²) in [6.07, 6.45) is 1.87. The highest BCUT2D eigenvalue weighted by atomic mass is 32.1. The normalized spacial score (nSPS) is 19.8. The molecule has 2 aromatic rings. The smallest absolute Gasteiger partial charge is 0.321 e. The maximum absolute atomic E-state index is 14.6. The SMILES string of the molecule is Cc1ncc(CN(C)C(=O)Nc2ccc(N3C[C@@H](C)O[C@H](C)C3)c(F)c2)s1. The second-order valence-electron chi connectivity index (χ2n) is 6.96. The van der Waals surface area contributed by atoms with Gasteiger partial charge in [0.25, 0.3) is 0 Å². The summed E-state index contributed by atoms with van der Waals surface area (Å²) >= 11 is 1.55. The van der Waals surface area contributed by atoms with Crippen molar-refractivity contribution < 1.29 is 13.9 Å². The van der Waals surface area contributed by atoms with Crippen LogP contribution in [-0.4, -0.2) is 48.3 Å². The molecule has 1 aliphatic heterocycles. The number of urea groups is 1. The minimum Gasteiger partial charge on any atom is -0.372 e. The van der Waals surface area contributed by atoms with E-state index in [1.54, 1.807) is 41.6 Å². The number of thiazole rings is 1. The summed E-state index contributed by atoms with van der Waals surface area (Å²) in [4.78, 5) is 21.1. The van der Waals surface area contributed by atoms with E-state index >= 15 is 0 Å². The van der Waals surface area contributed by atoms with Crippen LogP contribution in [0.4, 0.5) is 20.6 Å². The first kappa shape index (κ1) is 19.6. The van der Waals surface area contributed by atoms with E-state index in [0.29, 0.717) is 31.0 Å². The van der Waals surface area contributed by atoms with Crippen molar-refractivity contribution in [2.75, 3.05) is 30.4 Å². The van der Waals surface area contributed by atoms with Crippen LogP contribution in [0.15, 0.2) is 24.4 Å². The van der Waals surface area contributed by atoms with Gasteiger partial charge in [0.1, 0.15) is 5.82 Å². The number of ether oxygens (including phenoxy) is 1. The quantitative estimate of drug-likeness (QED) is 0.858. The molecule has 1 aromatic heterocycles. The van der Waals surface area contributed by atoms with E-state index in [0.717, 1.165) is 9.88 Å². The van der Waals surface area contributed by atoms with E-state index in [4.69, 9.17) is 4.74 Å². The lowest BCUT2D eigenvalue weighted by Gasteiger charge is -2.37. The molecule has 0 saturated carbocycles. The summed E-state index contributed by atoms with van der Waals surface area (Å²) in [5.41, 5.74) is 0.964. The molecule has 1 N–H and O–H groups in total. The number of amides is 2. The van der Waals surface area contributed by atoms with Crippen LogP contribution in [0.25, 0.3) is 0 Å². The van der Waals surface area contributed by atoms with Crippen LogP contribution in [0.5, 0.6) is 0 Å². The standard InChI is InChI=1S/C19H25FN4O2S/c1-12-9-24(10-13(2)26-12)18-6-5-15(7-17(18)20)22-19(25)23(4)11-16-8-21-14(3)27-16/h5-8,12-13H,9-11H2,1-4H3,(H,22,25)/t12-,13-/m1/s1. The molecule has 0 spiro atoms. The Hall–Kier alpha value is -2.19. The summed E-state index contributed by atoms with van der Waals surface area (Å²) < 4.78 is 20.3. The molecule has 27 heavy (non-hydrogen) atoms. The van der Waals surface area contributed by atoms with Gasteiger partial charge in [0.2, 0.25) is 0 Å². The van der Waals surface area contributed by atoms with Crippen LogP contribution >= 0.6 is 11.3 Å². The van der Waals surface area contributed by atoms with Crippen LogP contribution in [0.2, 0.25) is 0 Å². The molecule has 0 aliphatic carbocycles. The van der Waals surface area contributed by atoms with Gasteiger partial charge in [-0.25, -0.2) is 14.2 Å². The first-order valence-corrected chi connectivity index (χ1v) is 9.77. The van der Waals surface area contributed by atoms with E-state index in [1.165, 1.54) is 6.07 Å². The largest absolute Gasteiger partial charge is 0.372 e. The van der Waals surface area contributed by atoms with Crippen molar-refractivity contribution in [3.05, 3.63) is 40.1 Å². The molecular weight excluding hydrogens is 367 g/mol. The predicted molar refractivity (Wildman–Crippen MR) is 106 cm³/mol. The number of hydrogen-bond donors (Lipinski definition) is 1. The molecule has 1 fully saturated rings. The zero-order chi connectivity index (χ0) is 19.6. The molecule has 3 rings (SSSR count). The Balaban J connectivity index is 1.63. The van der Waals surface area contributed by atoms with E-state index in [1.807, 2.05) is 25.7 Å². The van der Waals surface area contributed by atoms with Gasteiger partial charge in [-0.05, 0) is 39.0 Å². The molecule has 6 nitrogen and oxygen atoms in total. The maximum Gasteiger partial charge on any atom is 0.321 e. The third-order valence-electron chi connectivity index (χ3n) is 4.37. The molecule has 8 heteroatoms. The average molecular weight is 393 g/mol. The number of aryl methyl sites for hydroxylation is 1. The van der Waals surface area contributed by atoms with Crippen LogP contribution in [0.3, 0.4) is 0 Å². The molecule has 0 bridgehead atoms. The Bertz CT molecular complexity index is 803. The second kappa shape index (κ2) is 8.22. The number of benzene rings is 1. The lowest BCUT2D eigenvalue weighted by molar-refractivity contribution is -0.00539. The number of halogens is 1. The molecule has 1 aliphatic rings. The van der Waals surface area contributed by atoms with E-state index in [-0.39, 0.29) is 24.1 Å². The number of nitrogens with one attached hydrogen (secondary N) is 1. The Kier molecular flexibility index (Phi) is 5.96. The van der Waals surface area contributed by atoms with Gasteiger partial charge >= 0.3 is 6.03 Å². The van der Waals surface area contributed by atoms with Gasteiger partial charge in [0.15, 0.2) is 0 Å². The third-order valence-corrected chi connectivity index (χ3v) is 5.27. The number of carbonyl (C=O) groups excluding carboxylic acids is 1. The van der Waals surface area contributed by atoms with Gasteiger partial charge in [-0.2, -0.15) is 0 Å². The monoisotopic (exact) mass is 392 g/mol. The lowest BCUT2D eigenvalue weighted by atomic mass is 10.2. The Morgan fingerprint density at radius 2 is 2.11 bits per heavy atom. The number of aromatic nitrogens is 1. The zero-order valence-electron chi connectivity index (χ0n) is 16.0. The molecule has 0 unspecified atom stereocenters. The zero-order valence-corrected chi connectivity index (χ0v) is 16.8. The van der Waals surface area contributed by atoms with Crippen LogP contribution in [0.1, 0.15) is 23.7 Å². The number of nitrogens with zero attached hydrogens (tertiary/aromatic N) is 3. The van der Waals surface area contributed by atoms with Crippen LogP contribution in [-0.2, 0) is 11.3 Å². The molecule has 2 heterocycles. The van der Waals surface area contributed by atoms with Gasteiger partial charge < -0.3 is 19.9 Å². The van der Waals surface area contributed by atoms with Gasteiger partial charge in [0.05, 0.1) is 29.4 Å². The Labute approximate surface area is 163 Å². The minimum absolute atomic E-state index is 0.0524. The first-order chi connectivity index (χ1) is 12.8. The highest BCUT2D eigenvalue weighted by molar-refractivity contribution is 7.11. The lowest BCUT2D eigenvalue weighted by Crippen LogP contribution is -2.45. The summed E-state index contributed by atoms with van der Waals surface area (Å²) in [5, 5.41) is 3.71. The van der Waals surface area contributed by atoms with Crippen LogP contribution < -0.4 is 10.2 Å². The molecular formula is C19H25FN4O2S. The number of carbonyl (C=O) groups is 1. The molecule has 2 amide bonds. The summed E-state index contributed by atoms with van der Waals surface area (Å²) in [6, 6.07) is 4.51. The minimum atomic E-state index is -0.352. The van der Waals surface area contributed by atoms with Crippen molar-refractivity contribution in [3.63, 3.8) is 0 Å². The van der Waals surface area contributed by atoms with E-state index in [9.17, 15) is 9.18 Å². The number of hydrogen-bond acceptors (Lipinski definition) is 5. The van der Waals surface area contributed by atoms with E-state index in [2.05, 4.69) is 10.3 Å². The number of anilines is 2. The molecule has 1 saturated heterocycles. The van der Waals surface area contributed by atoms with Crippen molar-refractivity contribution >= 4 is 28.7 Å². The van der Waals surface area contributed by atoms with Gasteiger partial charge in [-0.1, -0.05) is 0 Å². The fourth-order valence-corrected chi connectivity index (χ4v) is 4.07. The average Bonchev–Trinajstić information content (AvgIpc) is 2.98. The molecule has 146 valence electrons. The van der Waals surface area contributed by atoms with Crippen molar-refractivity contribution in [3.8, 4) is 0 Å². The summed E-state index contributed by atoms with van der Waals surface area (Å²) in [6.45, 7) is 7.63. The van der Waals surface area contributed by atoms with E-state index < -0.39 is 0 Å². The van der Waals surface area contributed by atoms with Crippen molar-refractivity contribution in [1.82, 2.24) is 9.88 Å². The van der Waals surface area contributed by atoms with Crippen molar-refractivity contribution in [1.29, 1.82) is 0 Å². The highest BCUT2D eigenvalue weighted by Crippen LogP contribution is 2.26. The Morgan fingerprint density at radius 3 is 2.70 bits per heavy atom.